The summed E-state index contributed by atoms with van der Waals surface area (Å²) in [5, 5.41) is 11.3. The van der Waals surface area contributed by atoms with E-state index in [-0.39, 0.29) is 6.04 Å². The minimum absolute atomic E-state index is 0.317. The van der Waals surface area contributed by atoms with Crippen LogP contribution in [-0.2, 0) is 0 Å². The van der Waals surface area contributed by atoms with E-state index in [2.05, 4.69) is 27.8 Å². The second-order valence-corrected chi connectivity index (χ2v) is 8.70. The number of hydrogen-bond donors (Lipinski definition) is 2. The van der Waals surface area contributed by atoms with Gasteiger partial charge in [-0.05, 0) is 36.1 Å². The molecule has 0 radical (unpaired) electrons. The van der Waals surface area contributed by atoms with Gasteiger partial charge in [0.15, 0.2) is 5.65 Å². The summed E-state index contributed by atoms with van der Waals surface area (Å²) in [6.07, 6.45) is 3.07. The van der Waals surface area contributed by atoms with Crippen LogP contribution in [0.25, 0.3) is 28.2 Å². The molecule has 2 aliphatic rings. The third-order valence-corrected chi connectivity index (χ3v) is 6.34. The number of pyridine rings is 1. The summed E-state index contributed by atoms with van der Waals surface area (Å²) in [5.41, 5.74) is 5.24. The molecule has 0 bridgehead atoms. The molecule has 2 fully saturated rings. The summed E-state index contributed by atoms with van der Waals surface area (Å²) in [4.78, 5) is 9.41. The Morgan fingerprint density at radius 1 is 1.09 bits per heavy atom. The maximum Gasteiger partial charge on any atom is 0.157 e. The maximum absolute atomic E-state index is 14.3. The summed E-state index contributed by atoms with van der Waals surface area (Å²) in [6, 6.07) is 15.7. The molecular weight excluding hydrogens is 419 g/mol. The number of nitrogens with zero attached hydrogens (tertiary/aromatic N) is 4. The van der Waals surface area contributed by atoms with Crippen LogP contribution in [0.15, 0.2) is 54.7 Å². The van der Waals surface area contributed by atoms with Gasteiger partial charge in [-0.15, -0.1) is 0 Å². The zero-order valence-electron chi connectivity index (χ0n) is 18.3. The Bertz CT molecular complexity index is 1300. The molecule has 4 heterocycles. The first-order chi connectivity index (χ1) is 16.2. The maximum atomic E-state index is 14.3. The van der Waals surface area contributed by atoms with Gasteiger partial charge in [0, 0.05) is 25.1 Å². The van der Waals surface area contributed by atoms with Crippen molar-refractivity contribution in [1.82, 2.24) is 24.9 Å². The molecule has 2 atom stereocenters. The number of ether oxygens (including phenoxy) is 1. The Morgan fingerprint density at radius 2 is 1.94 bits per heavy atom. The lowest BCUT2D eigenvalue weighted by Crippen LogP contribution is -2.29. The Labute approximate surface area is 191 Å². The Hall–Kier alpha value is -3.52. The minimum Gasteiger partial charge on any atom is -0.495 e. The molecule has 0 amide bonds. The molecule has 1 saturated carbocycles. The van der Waals surface area contributed by atoms with Gasteiger partial charge in [-0.2, -0.15) is 5.10 Å². The van der Waals surface area contributed by atoms with Crippen molar-refractivity contribution < 1.29 is 9.13 Å². The van der Waals surface area contributed by atoms with E-state index in [1.807, 2.05) is 40.9 Å². The monoisotopic (exact) mass is 444 g/mol. The first-order valence-corrected chi connectivity index (χ1v) is 11.3. The van der Waals surface area contributed by atoms with Gasteiger partial charge in [-0.25, -0.2) is 18.9 Å². The fourth-order valence-electron chi connectivity index (χ4n) is 4.40. The summed E-state index contributed by atoms with van der Waals surface area (Å²) in [5.74, 6) is 1.84. The van der Waals surface area contributed by atoms with Crippen LogP contribution in [0, 0.1) is 0 Å². The van der Waals surface area contributed by atoms with Gasteiger partial charge in [0.05, 0.1) is 25.0 Å². The Kier molecular flexibility index (Phi) is 4.95. The van der Waals surface area contributed by atoms with E-state index < -0.39 is 6.17 Å². The van der Waals surface area contributed by atoms with Crippen molar-refractivity contribution in [3.05, 3.63) is 60.4 Å². The van der Waals surface area contributed by atoms with Crippen molar-refractivity contribution in [3.8, 4) is 28.3 Å². The number of benzene rings is 1. The van der Waals surface area contributed by atoms with E-state index in [1.165, 1.54) is 0 Å². The van der Waals surface area contributed by atoms with Gasteiger partial charge >= 0.3 is 0 Å². The predicted molar refractivity (Wildman–Crippen MR) is 125 cm³/mol. The molecule has 3 aromatic heterocycles. The molecule has 168 valence electrons. The topological polar surface area (TPSA) is 76.4 Å². The average Bonchev–Trinajstić information content (AvgIpc) is 3.50. The zero-order chi connectivity index (χ0) is 22.4. The van der Waals surface area contributed by atoms with Gasteiger partial charge in [0.25, 0.3) is 0 Å². The van der Waals surface area contributed by atoms with Crippen molar-refractivity contribution >= 4 is 11.5 Å². The van der Waals surface area contributed by atoms with Crippen LogP contribution in [0.1, 0.15) is 24.5 Å². The molecule has 7 nitrogen and oxygen atoms in total. The number of halogens is 1. The molecular formula is C25H25FN6O. The lowest BCUT2D eigenvalue weighted by molar-refractivity contribution is 0.342. The fourth-order valence-corrected chi connectivity index (χ4v) is 4.40. The van der Waals surface area contributed by atoms with Crippen LogP contribution < -0.4 is 15.4 Å². The lowest BCUT2D eigenvalue weighted by Gasteiger charge is -2.17. The molecule has 1 saturated heterocycles. The molecule has 1 aromatic carbocycles. The Balaban J connectivity index is 1.47. The average molecular weight is 445 g/mol. The van der Waals surface area contributed by atoms with Crippen LogP contribution in [0.4, 0.5) is 10.2 Å². The standard InChI is InChI=1S/C25H25FN6O/c1-33-22-11-24-28-14-21(32(24)31-25(22)16-7-8-16)19-9-17(15-5-3-2-4-6-15)10-23(29-19)30-20-13-27-12-18(20)26/h2-6,9-11,14,16,18,20,27H,7-8,12-13H2,1H3,(H,29,30). The van der Waals surface area contributed by atoms with Crippen LogP contribution in [0.3, 0.4) is 0 Å². The first-order valence-electron chi connectivity index (χ1n) is 11.3. The first kappa shape index (κ1) is 20.1. The van der Waals surface area contributed by atoms with Gasteiger partial charge in [-0.1, -0.05) is 30.3 Å². The molecule has 1 aliphatic heterocycles. The number of anilines is 1. The molecule has 4 aromatic rings. The third kappa shape index (κ3) is 3.80. The van der Waals surface area contributed by atoms with Crippen LogP contribution in [-0.4, -0.2) is 52.0 Å². The molecule has 2 N–H and O–H groups in total. The molecule has 6 rings (SSSR count). The fraction of sp³-hybridized carbons (Fsp3) is 0.320. The summed E-state index contributed by atoms with van der Waals surface area (Å²) in [6.45, 7) is 0.918. The summed E-state index contributed by atoms with van der Waals surface area (Å²) in [7, 11) is 1.67. The number of methoxy groups -OCH3 is 1. The van der Waals surface area contributed by atoms with E-state index in [0.29, 0.717) is 30.5 Å². The molecule has 1 aliphatic carbocycles. The predicted octanol–water partition coefficient (Wildman–Crippen LogP) is 4.07. The van der Waals surface area contributed by atoms with Gasteiger partial charge in [-0.3, -0.25) is 0 Å². The van der Waals surface area contributed by atoms with Crippen molar-refractivity contribution in [1.29, 1.82) is 0 Å². The quantitative estimate of drug-likeness (QED) is 0.467. The van der Waals surface area contributed by atoms with E-state index in [9.17, 15) is 4.39 Å². The number of rotatable bonds is 6. The number of aromatic nitrogens is 4. The number of fused-ring (bicyclic) bond motifs is 1. The zero-order valence-corrected chi connectivity index (χ0v) is 18.3. The Morgan fingerprint density at radius 3 is 2.67 bits per heavy atom. The van der Waals surface area contributed by atoms with Crippen molar-refractivity contribution in [2.75, 3.05) is 25.5 Å². The van der Waals surface area contributed by atoms with Crippen LogP contribution in [0.2, 0.25) is 0 Å². The largest absolute Gasteiger partial charge is 0.495 e. The van der Waals surface area contributed by atoms with E-state index in [1.54, 1.807) is 13.3 Å². The molecule has 33 heavy (non-hydrogen) atoms. The number of hydrogen-bond acceptors (Lipinski definition) is 6. The summed E-state index contributed by atoms with van der Waals surface area (Å²) >= 11 is 0. The van der Waals surface area contributed by atoms with Crippen LogP contribution >= 0.6 is 0 Å². The van der Waals surface area contributed by atoms with Crippen molar-refractivity contribution in [2.45, 2.75) is 31.0 Å². The van der Waals surface area contributed by atoms with Crippen molar-refractivity contribution in [3.63, 3.8) is 0 Å². The highest BCUT2D eigenvalue weighted by Crippen LogP contribution is 2.43. The van der Waals surface area contributed by atoms with E-state index in [0.717, 1.165) is 46.8 Å². The van der Waals surface area contributed by atoms with Gasteiger partial charge < -0.3 is 15.4 Å². The highest BCUT2D eigenvalue weighted by atomic mass is 19.1. The normalized spacial score (nSPS) is 20.3. The van der Waals surface area contributed by atoms with Gasteiger partial charge in [0.2, 0.25) is 0 Å². The van der Waals surface area contributed by atoms with E-state index in [4.69, 9.17) is 14.8 Å². The minimum atomic E-state index is -0.957. The highest BCUT2D eigenvalue weighted by Gasteiger charge is 2.30. The SMILES string of the molecule is COc1cc2ncc(-c3cc(-c4ccccc4)cc(NC4CNCC4F)n3)n2nc1C1CC1. The third-order valence-electron chi connectivity index (χ3n) is 6.34. The number of imidazole rings is 1. The van der Waals surface area contributed by atoms with Gasteiger partial charge in [0.1, 0.15) is 29.1 Å². The van der Waals surface area contributed by atoms with E-state index >= 15 is 0 Å². The lowest BCUT2D eigenvalue weighted by atomic mass is 10.0. The highest BCUT2D eigenvalue weighted by molar-refractivity contribution is 5.73. The number of alkyl halides is 1. The summed E-state index contributed by atoms with van der Waals surface area (Å²) < 4.78 is 21.7. The second-order valence-electron chi connectivity index (χ2n) is 8.70. The van der Waals surface area contributed by atoms with Crippen molar-refractivity contribution in [2.24, 2.45) is 0 Å². The second kappa shape index (κ2) is 8.12. The molecule has 2 unspecified atom stereocenters. The molecule has 8 heteroatoms. The smallest absolute Gasteiger partial charge is 0.157 e. The number of nitrogens with one attached hydrogen (secondary N) is 2. The molecule has 0 spiro atoms. The van der Waals surface area contributed by atoms with Crippen LogP contribution in [0.5, 0.6) is 5.75 Å².